The smallest absolute Gasteiger partial charge is 0.151 e. The Bertz CT molecular complexity index is 848. The van der Waals surface area contributed by atoms with Gasteiger partial charge in [-0.2, -0.15) is 0 Å². The van der Waals surface area contributed by atoms with Crippen LogP contribution < -0.4 is 8.91 Å². The minimum absolute atomic E-state index is 0.221. The maximum absolute atomic E-state index is 13.4. The van der Waals surface area contributed by atoms with Crippen LogP contribution in [0.25, 0.3) is 22.3 Å². The van der Waals surface area contributed by atoms with E-state index in [0.29, 0.717) is 0 Å². The van der Waals surface area contributed by atoms with Crippen molar-refractivity contribution in [3.8, 4) is 28.0 Å². The van der Waals surface area contributed by atoms with Crippen molar-refractivity contribution >= 4 is 12.2 Å². The fourth-order valence-corrected chi connectivity index (χ4v) is 3.29. The van der Waals surface area contributed by atoms with Gasteiger partial charge in [-0.1, -0.05) is 54.6 Å². The van der Waals surface area contributed by atoms with Crippen LogP contribution in [0.4, 0.5) is 4.39 Å². The number of para-hydroxylation sites is 1. The minimum atomic E-state index is -0.221. The molecule has 0 saturated carbocycles. The molecular formula is C19H14FNOS. The molecule has 3 aromatic rings. The van der Waals surface area contributed by atoms with Gasteiger partial charge in [0.1, 0.15) is 18.0 Å². The van der Waals surface area contributed by atoms with Crippen molar-refractivity contribution in [2.24, 2.45) is 0 Å². The lowest BCUT2D eigenvalue weighted by Crippen LogP contribution is -2.12. The van der Waals surface area contributed by atoms with E-state index < -0.39 is 0 Å². The average molecular weight is 323 g/mol. The van der Waals surface area contributed by atoms with Gasteiger partial charge >= 0.3 is 0 Å². The van der Waals surface area contributed by atoms with Crippen molar-refractivity contribution in [3.63, 3.8) is 0 Å². The van der Waals surface area contributed by atoms with Gasteiger partial charge in [0.15, 0.2) is 5.75 Å². The Morgan fingerprint density at radius 3 is 2.48 bits per heavy atom. The first-order valence-electron chi connectivity index (χ1n) is 7.36. The first kappa shape index (κ1) is 14.3. The van der Waals surface area contributed by atoms with Crippen molar-refractivity contribution in [2.45, 2.75) is 6.54 Å². The van der Waals surface area contributed by atoms with Crippen molar-refractivity contribution < 1.29 is 8.57 Å². The summed E-state index contributed by atoms with van der Waals surface area (Å²) in [6.07, 6.45) is 0. The lowest BCUT2D eigenvalue weighted by atomic mass is 9.98. The second kappa shape index (κ2) is 6.07. The fourth-order valence-electron chi connectivity index (χ4n) is 2.74. The van der Waals surface area contributed by atoms with Crippen LogP contribution in [-0.2, 0) is 6.54 Å². The third-order valence-corrected chi connectivity index (χ3v) is 4.41. The zero-order valence-electron chi connectivity index (χ0n) is 12.3. The molecule has 0 atom stereocenters. The maximum Gasteiger partial charge on any atom is 0.151 e. The number of hydrogen-bond acceptors (Lipinski definition) is 3. The van der Waals surface area contributed by atoms with E-state index in [9.17, 15) is 4.39 Å². The lowest BCUT2D eigenvalue weighted by Gasteiger charge is -2.19. The second-order valence-electron chi connectivity index (χ2n) is 5.37. The van der Waals surface area contributed by atoms with Crippen molar-refractivity contribution in [3.05, 3.63) is 78.1 Å². The van der Waals surface area contributed by atoms with Crippen molar-refractivity contribution in [2.75, 3.05) is 0 Å². The fraction of sp³-hybridized carbons (Fsp3) is 0.0526. The molecule has 0 amide bonds. The Morgan fingerprint density at radius 2 is 1.65 bits per heavy atom. The quantitative estimate of drug-likeness (QED) is 0.517. The van der Waals surface area contributed by atoms with E-state index in [-0.39, 0.29) is 5.82 Å². The Labute approximate surface area is 138 Å². The summed E-state index contributed by atoms with van der Waals surface area (Å²) >= 11 is 1.26. The van der Waals surface area contributed by atoms with Gasteiger partial charge in [-0.3, -0.25) is 0 Å². The molecule has 0 saturated heterocycles. The van der Waals surface area contributed by atoms with Gasteiger partial charge in [-0.05, 0) is 28.8 Å². The molecule has 1 aliphatic heterocycles. The molecule has 0 fully saturated rings. The first-order valence-corrected chi connectivity index (χ1v) is 8.10. The van der Waals surface area contributed by atoms with Crippen LogP contribution >= 0.6 is 12.2 Å². The van der Waals surface area contributed by atoms with E-state index in [0.717, 1.165) is 40.1 Å². The molecule has 1 N–H and O–H groups in total. The molecule has 1 aliphatic rings. The van der Waals surface area contributed by atoms with Gasteiger partial charge in [0.25, 0.3) is 0 Å². The summed E-state index contributed by atoms with van der Waals surface area (Å²) < 4.78 is 22.2. The van der Waals surface area contributed by atoms with Crippen LogP contribution in [0.3, 0.4) is 0 Å². The van der Waals surface area contributed by atoms with Crippen molar-refractivity contribution in [1.29, 1.82) is 0 Å². The first-order chi connectivity index (χ1) is 11.3. The largest absolute Gasteiger partial charge is 0.409 e. The molecule has 4 heteroatoms. The summed E-state index contributed by atoms with van der Waals surface area (Å²) in [6.45, 7) is 0.787. The molecule has 3 aromatic carbocycles. The normalized spacial score (nSPS) is 13.3. The Kier molecular flexibility index (Phi) is 3.77. The van der Waals surface area contributed by atoms with Crippen LogP contribution in [-0.4, -0.2) is 0 Å². The van der Waals surface area contributed by atoms with Crippen LogP contribution in [0, 0.1) is 5.82 Å². The standard InChI is InChI=1S/C19H14FNOS/c20-17-5-1-3-15(11-17)13-7-9-14(10-8-13)18-6-2-4-16-12-21-23-22-19(16)18/h1-11,21H,12H2. The SMILES string of the molecule is Fc1cccc(-c2ccc(-c3cccc4c3OSNC4)cc2)c1. The Morgan fingerprint density at radius 1 is 0.870 bits per heavy atom. The molecule has 114 valence electrons. The van der Waals surface area contributed by atoms with Gasteiger partial charge in [0, 0.05) is 17.7 Å². The lowest BCUT2D eigenvalue weighted by molar-refractivity contribution is 0.602. The van der Waals surface area contributed by atoms with Crippen LogP contribution in [0.1, 0.15) is 5.56 Å². The number of fused-ring (bicyclic) bond motifs is 1. The summed E-state index contributed by atoms with van der Waals surface area (Å²) in [5.41, 5.74) is 5.18. The van der Waals surface area contributed by atoms with Gasteiger partial charge in [-0.25, -0.2) is 9.11 Å². The van der Waals surface area contributed by atoms with E-state index in [1.807, 2.05) is 36.4 Å². The molecule has 0 spiro atoms. The van der Waals surface area contributed by atoms with Gasteiger partial charge in [-0.15, -0.1) is 0 Å². The van der Waals surface area contributed by atoms with Gasteiger partial charge < -0.3 is 4.18 Å². The molecule has 0 aliphatic carbocycles. The molecule has 0 aromatic heterocycles. The highest BCUT2D eigenvalue weighted by Crippen LogP contribution is 2.37. The average Bonchev–Trinajstić information content (AvgIpc) is 2.61. The highest BCUT2D eigenvalue weighted by atomic mass is 32.2. The van der Waals surface area contributed by atoms with E-state index >= 15 is 0 Å². The topological polar surface area (TPSA) is 21.3 Å². The number of hydrogen-bond donors (Lipinski definition) is 1. The second-order valence-corrected chi connectivity index (χ2v) is 5.99. The molecule has 1 heterocycles. The predicted octanol–water partition coefficient (Wildman–Crippen LogP) is 5.20. The third kappa shape index (κ3) is 2.83. The van der Waals surface area contributed by atoms with Crippen LogP contribution in [0.5, 0.6) is 5.75 Å². The van der Waals surface area contributed by atoms with Crippen molar-refractivity contribution in [1.82, 2.24) is 4.72 Å². The molecule has 0 bridgehead atoms. The highest BCUT2D eigenvalue weighted by molar-refractivity contribution is 7.93. The molecule has 0 unspecified atom stereocenters. The van der Waals surface area contributed by atoms with Crippen LogP contribution in [0.2, 0.25) is 0 Å². The monoisotopic (exact) mass is 323 g/mol. The highest BCUT2D eigenvalue weighted by Gasteiger charge is 2.16. The zero-order valence-corrected chi connectivity index (χ0v) is 13.1. The molecule has 0 radical (unpaired) electrons. The summed E-state index contributed by atoms with van der Waals surface area (Å²) in [5.74, 6) is 0.691. The van der Waals surface area contributed by atoms with Gasteiger partial charge in [0.2, 0.25) is 0 Å². The van der Waals surface area contributed by atoms with Crippen LogP contribution in [0.15, 0.2) is 66.7 Å². The summed E-state index contributed by atoms with van der Waals surface area (Å²) in [7, 11) is 0. The predicted molar refractivity (Wildman–Crippen MR) is 92.3 cm³/mol. The molecular weight excluding hydrogens is 309 g/mol. The van der Waals surface area contributed by atoms with E-state index in [1.54, 1.807) is 12.1 Å². The maximum atomic E-state index is 13.4. The third-order valence-electron chi connectivity index (χ3n) is 3.90. The van der Waals surface area contributed by atoms with E-state index in [4.69, 9.17) is 4.18 Å². The summed E-state index contributed by atoms with van der Waals surface area (Å²) in [6, 6.07) is 20.9. The summed E-state index contributed by atoms with van der Waals surface area (Å²) in [5, 5.41) is 0. The molecule has 2 nitrogen and oxygen atoms in total. The van der Waals surface area contributed by atoms with Gasteiger partial charge in [0.05, 0.1) is 0 Å². The van der Waals surface area contributed by atoms with E-state index in [2.05, 4.69) is 16.9 Å². The molecule has 23 heavy (non-hydrogen) atoms. The molecule has 4 rings (SSSR count). The Hall–Kier alpha value is -2.30. The summed E-state index contributed by atoms with van der Waals surface area (Å²) in [4.78, 5) is 0. The number of benzene rings is 3. The Balaban J connectivity index is 1.72. The number of halogens is 1. The van der Waals surface area contributed by atoms with E-state index in [1.165, 1.54) is 18.3 Å². The number of nitrogens with one attached hydrogen (secondary N) is 1. The zero-order chi connectivity index (χ0) is 15.6. The minimum Gasteiger partial charge on any atom is -0.409 e. The number of rotatable bonds is 2.